The lowest BCUT2D eigenvalue weighted by molar-refractivity contribution is 0.475. The minimum absolute atomic E-state index is 0.221. The summed E-state index contributed by atoms with van der Waals surface area (Å²) >= 11 is 2.25. The minimum Gasteiger partial charge on any atom is -0.508 e. The van der Waals surface area contributed by atoms with Crippen LogP contribution in [0.5, 0.6) is 5.75 Å². The Labute approximate surface area is 120 Å². The third kappa shape index (κ3) is 2.55. The summed E-state index contributed by atoms with van der Waals surface area (Å²) in [5.41, 5.74) is 1.82. The number of phenolic OH excluding ortho intramolecular Hbond substituents is 1. The number of aromatic nitrogens is 2. The molecule has 5 heteroatoms. The molecule has 0 unspecified atom stereocenters. The van der Waals surface area contributed by atoms with Crippen LogP contribution in [-0.4, -0.2) is 22.1 Å². The van der Waals surface area contributed by atoms with Crippen molar-refractivity contribution in [3.8, 4) is 17.1 Å². The Hall–Kier alpha value is -1.37. The molecule has 0 spiro atoms. The van der Waals surface area contributed by atoms with Crippen molar-refractivity contribution in [3.63, 3.8) is 0 Å². The van der Waals surface area contributed by atoms with E-state index in [0.29, 0.717) is 5.82 Å². The van der Waals surface area contributed by atoms with Gasteiger partial charge in [0.15, 0.2) is 5.82 Å². The van der Waals surface area contributed by atoms with E-state index in [1.165, 1.54) is 0 Å². The standard InChI is InChI=1S/C13H14IN3O/c1-3-10-11(14)13(15-2)17-12(16-10)8-5-4-6-9(18)7-8/h4-7,18H,3H2,1-2H3,(H,15,16,17). The van der Waals surface area contributed by atoms with E-state index in [4.69, 9.17) is 0 Å². The van der Waals surface area contributed by atoms with Crippen LogP contribution in [0.3, 0.4) is 0 Å². The first kappa shape index (κ1) is 13.1. The molecule has 0 fully saturated rings. The second-order valence-electron chi connectivity index (χ2n) is 3.81. The summed E-state index contributed by atoms with van der Waals surface area (Å²) in [5.74, 6) is 1.67. The Morgan fingerprint density at radius 3 is 2.72 bits per heavy atom. The first-order chi connectivity index (χ1) is 8.65. The number of nitrogens with one attached hydrogen (secondary N) is 1. The molecule has 1 aromatic carbocycles. The van der Waals surface area contributed by atoms with Crippen molar-refractivity contribution in [3.05, 3.63) is 33.5 Å². The van der Waals surface area contributed by atoms with Crippen molar-refractivity contribution < 1.29 is 5.11 Å². The van der Waals surface area contributed by atoms with Crippen molar-refractivity contribution in [1.29, 1.82) is 0 Å². The molecule has 1 heterocycles. The third-order valence-electron chi connectivity index (χ3n) is 2.60. The lowest BCUT2D eigenvalue weighted by Gasteiger charge is -2.10. The van der Waals surface area contributed by atoms with E-state index in [2.05, 4.69) is 44.8 Å². The summed E-state index contributed by atoms with van der Waals surface area (Å²) in [4.78, 5) is 9.01. The largest absolute Gasteiger partial charge is 0.508 e. The zero-order valence-electron chi connectivity index (χ0n) is 10.2. The lowest BCUT2D eigenvalue weighted by Crippen LogP contribution is -2.04. The summed E-state index contributed by atoms with van der Waals surface area (Å²) in [5, 5.41) is 12.6. The second-order valence-corrected chi connectivity index (χ2v) is 4.89. The van der Waals surface area contributed by atoms with Crippen LogP contribution in [-0.2, 0) is 6.42 Å². The number of rotatable bonds is 3. The SMILES string of the molecule is CCc1nc(-c2cccc(O)c2)nc(NC)c1I. The highest BCUT2D eigenvalue weighted by molar-refractivity contribution is 14.1. The Morgan fingerprint density at radius 2 is 2.11 bits per heavy atom. The first-order valence-electron chi connectivity index (χ1n) is 5.69. The second kappa shape index (κ2) is 5.51. The van der Waals surface area contributed by atoms with Crippen molar-refractivity contribution in [2.45, 2.75) is 13.3 Å². The van der Waals surface area contributed by atoms with Gasteiger partial charge in [-0.3, -0.25) is 0 Å². The van der Waals surface area contributed by atoms with Gasteiger partial charge in [0.05, 0.1) is 9.26 Å². The fourth-order valence-electron chi connectivity index (χ4n) is 1.67. The highest BCUT2D eigenvalue weighted by Gasteiger charge is 2.11. The van der Waals surface area contributed by atoms with Crippen LogP contribution in [0.2, 0.25) is 0 Å². The maximum Gasteiger partial charge on any atom is 0.161 e. The number of benzene rings is 1. The number of halogens is 1. The molecule has 0 aliphatic carbocycles. The number of aryl methyl sites for hydroxylation is 1. The van der Waals surface area contributed by atoms with Gasteiger partial charge in [-0.2, -0.15) is 0 Å². The first-order valence-corrected chi connectivity index (χ1v) is 6.77. The molecule has 0 bridgehead atoms. The fourth-order valence-corrected chi connectivity index (χ4v) is 2.56. The predicted molar refractivity (Wildman–Crippen MR) is 80.8 cm³/mol. The topological polar surface area (TPSA) is 58.0 Å². The van der Waals surface area contributed by atoms with E-state index in [9.17, 15) is 5.11 Å². The quantitative estimate of drug-likeness (QED) is 0.831. The molecule has 18 heavy (non-hydrogen) atoms. The van der Waals surface area contributed by atoms with E-state index >= 15 is 0 Å². The highest BCUT2D eigenvalue weighted by atomic mass is 127. The number of hydrogen-bond donors (Lipinski definition) is 2. The Kier molecular flexibility index (Phi) is 4.00. The summed E-state index contributed by atoms with van der Waals surface area (Å²) in [6.07, 6.45) is 0.849. The maximum atomic E-state index is 9.51. The highest BCUT2D eigenvalue weighted by Crippen LogP contribution is 2.25. The molecule has 0 saturated carbocycles. The van der Waals surface area contributed by atoms with Gasteiger partial charge >= 0.3 is 0 Å². The summed E-state index contributed by atoms with van der Waals surface area (Å²) in [6, 6.07) is 6.98. The van der Waals surface area contributed by atoms with Gasteiger partial charge in [-0.05, 0) is 41.1 Å². The van der Waals surface area contributed by atoms with Crippen molar-refractivity contribution in [2.24, 2.45) is 0 Å². The van der Waals surface area contributed by atoms with Gasteiger partial charge in [0.2, 0.25) is 0 Å². The van der Waals surface area contributed by atoms with E-state index in [0.717, 1.165) is 27.1 Å². The molecule has 2 rings (SSSR count). The van der Waals surface area contributed by atoms with Crippen LogP contribution in [0.4, 0.5) is 5.82 Å². The number of aromatic hydroxyl groups is 1. The number of phenols is 1. The molecule has 1 aromatic heterocycles. The van der Waals surface area contributed by atoms with Gasteiger partial charge in [-0.25, -0.2) is 9.97 Å². The Morgan fingerprint density at radius 1 is 1.33 bits per heavy atom. The van der Waals surface area contributed by atoms with Gasteiger partial charge in [0.1, 0.15) is 11.6 Å². The van der Waals surface area contributed by atoms with Gasteiger partial charge < -0.3 is 10.4 Å². The van der Waals surface area contributed by atoms with E-state index in [1.54, 1.807) is 18.2 Å². The summed E-state index contributed by atoms with van der Waals surface area (Å²) in [6.45, 7) is 2.07. The maximum absolute atomic E-state index is 9.51. The third-order valence-corrected chi connectivity index (χ3v) is 3.73. The van der Waals surface area contributed by atoms with Gasteiger partial charge in [-0.1, -0.05) is 19.1 Å². The molecule has 0 amide bonds. The van der Waals surface area contributed by atoms with Gasteiger partial charge in [-0.15, -0.1) is 0 Å². The molecule has 94 valence electrons. The molecule has 0 aliphatic rings. The van der Waals surface area contributed by atoms with E-state index in [-0.39, 0.29) is 5.75 Å². The summed E-state index contributed by atoms with van der Waals surface area (Å²) in [7, 11) is 1.84. The lowest BCUT2D eigenvalue weighted by atomic mass is 10.2. The molecule has 4 nitrogen and oxygen atoms in total. The number of anilines is 1. The van der Waals surface area contributed by atoms with Gasteiger partial charge in [0.25, 0.3) is 0 Å². The molecule has 0 atom stereocenters. The molecule has 0 radical (unpaired) electrons. The molecule has 0 aliphatic heterocycles. The van der Waals surface area contributed by atoms with Crippen LogP contribution in [0.25, 0.3) is 11.4 Å². The molecular weight excluding hydrogens is 341 g/mol. The molecule has 2 aromatic rings. The van der Waals surface area contributed by atoms with Crippen molar-refractivity contribution in [1.82, 2.24) is 9.97 Å². The van der Waals surface area contributed by atoms with Crippen molar-refractivity contribution >= 4 is 28.4 Å². The average Bonchev–Trinajstić information content (AvgIpc) is 2.39. The average molecular weight is 355 g/mol. The smallest absolute Gasteiger partial charge is 0.161 e. The van der Waals surface area contributed by atoms with Crippen LogP contribution in [0.15, 0.2) is 24.3 Å². The van der Waals surface area contributed by atoms with E-state index in [1.807, 2.05) is 13.1 Å². The molecule has 2 N–H and O–H groups in total. The predicted octanol–water partition coefficient (Wildman–Crippen LogP) is 3.06. The van der Waals surface area contributed by atoms with Crippen LogP contribution in [0.1, 0.15) is 12.6 Å². The zero-order chi connectivity index (χ0) is 13.1. The van der Waals surface area contributed by atoms with Crippen molar-refractivity contribution in [2.75, 3.05) is 12.4 Å². The summed E-state index contributed by atoms with van der Waals surface area (Å²) < 4.78 is 1.04. The normalized spacial score (nSPS) is 10.4. The number of nitrogens with zero attached hydrogens (tertiary/aromatic N) is 2. The van der Waals surface area contributed by atoms with Crippen LogP contribution >= 0.6 is 22.6 Å². The molecule has 0 saturated heterocycles. The van der Waals surface area contributed by atoms with Crippen LogP contribution < -0.4 is 5.32 Å². The zero-order valence-corrected chi connectivity index (χ0v) is 12.4. The minimum atomic E-state index is 0.221. The monoisotopic (exact) mass is 355 g/mol. The van der Waals surface area contributed by atoms with E-state index < -0.39 is 0 Å². The Balaban J connectivity index is 2.58. The fraction of sp³-hybridized carbons (Fsp3) is 0.231. The number of hydrogen-bond acceptors (Lipinski definition) is 4. The van der Waals surface area contributed by atoms with Crippen LogP contribution in [0, 0.1) is 3.57 Å². The van der Waals surface area contributed by atoms with Gasteiger partial charge in [0, 0.05) is 12.6 Å². The molecular formula is C13H14IN3O. The Bertz CT molecular complexity index is 547.